The minimum atomic E-state index is -0.594. The van der Waals surface area contributed by atoms with Crippen molar-refractivity contribution in [2.45, 2.75) is 25.5 Å². The Morgan fingerprint density at radius 3 is 2.78 bits per heavy atom. The maximum absolute atomic E-state index is 12.2. The number of aliphatic hydroxyl groups is 1. The number of tetrazole rings is 1. The Balaban J connectivity index is 1.54. The summed E-state index contributed by atoms with van der Waals surface area (Å²) in [6, 6.07) is 5.51. The predicted octanol–water partition coefficient (Wildman–Crippen LogP) is -0.377. The van der Waals surface area contributed by atoms with Gasteiger partial charge in [-0.05, 0) is 41.3 Å². The fraction of sp³-hybridized carbons (Fsp3) is 0.500. The van der Waals surface area contributed by atoms with Crippen molar-refractivity contribution in [3.63, 3.8) is 0 Å². The quantitative estimate of drug-likeness (QED) is 0.788. The van der Waals surface area contributed by atoms with Crippen LogP contribution >= 0.6 is 0 Å². The highest BCUT2D eigenvalue weighted by atomic mass is 16.3. The number of nitrogens with zero attached hydrogens (tertiary/aromatic N) is 6. The van der Waals surface area contributed by atoms with Crippen molar-refractivity contribution in [2.24, 2.45) is 5.92 Å². The fourth-order valence-electron chi connectivity index (χ4n) is 2.81. The number of rotatable bonds is 4. The van der Waals surface area contributed by atoms with Crippen molar-refractivity contribution in [3.05, 3.63) is 30.1 Å². The number of aromatic nitrogens is 5. The average molecular weight is 317 g/mol. The van der Waals surface area contributed by atoms with Crippen LogP contribution in [0.3, 0.4) is 0 Å². The molecule has 0 saturated carbocycles. The summed E-state index contributed by atoms with van der Waals surface area (Å²) in [5.74, 6) is 0.153. The van der Waals surface area contributed by atoms with E-state index in [1.54, 1.807) is 11.1 Å². The van der Waals surface area contributed by atoms with Crippen LogP contribution in [-0.2, 0) is 11.3 Å². The first-order chi connectivity index (χ1) is 11.1. The summed E-state index contributed by atoms with van der Waals surface area (Å²) < 4.78 is 1.27. The van der Waals surface area contributed by atoms with Gasteiger partial charge in [0.15, 0.2) is 0 Å². The Kier molecular flexibility index (Phi) is 4.47. The van der Waals surface area contributed by atoms with Gasteiger partial charge in [0.25, 0.3) is 0 Å². The summed E-state index contributed by atoms with van der Waals surface area (Å²) in [6.45, 7) is 1.22. The number of pyridine rings is 1. The molecule has 2 aromatic rings. The first kappa shape index (κ1) is 15.3. The molecule has 2 aromatic heterocycles. The summed E-state index contributed by atoms with van der Waals surface area (Å²) in [5.41, 5.74) is 6.24. The highest BCUT2D eigenvalue weighted by Crippen LogP contribution is 2.29. The van der Waals surface area contributed by atoms with Crippen molar-refractivity contribution in [2.75, 3.05) is 18.8 Å². The van der Waals surface area contributed by atoms with Crippen LogP contribution in [0.4, 0.5) is 5.95 Å². The van der Waals surface area contributed by atoms with Crippen molar-refractivity contribution < 1.29 is 9.90 Å². The highest BCUT2D eigenvalue weighted by molar-refractivity contribution is 5.76. The van der Waals surface area contributed by atoms with E-state index in [2.05, 4.69) is 20.5 Å². The number of likely N-dealkylation sites (tertiary alicyclic amines) is 1. The number of carbonyl (C=O) groups excluding carboxylic acids is 1. The van der Waals surface area contributed by atoms with Gasteiger partial charge in [-0.2, -0.15) is 0 Å². The number of nitrogen functional groups attached to an aromatic ring is 1. The van der Waals surface area contributed by atoms with Crippen LogP contribution in [0.1, 0.15) is 24.6 Å². The molecule has 1 atom stereocenters. The lowest BCUT2D eigenvalue weighted by Crippen LogP contribution is -2.41. The van der Waals surface area contributed by atoms with Crippen molar-refractivity contribution >= 4 is 11.9 Å². The Bertz CT molecular complexity index is 652. The molecular weight excluding hydrogens is 298 g/mol. The Hall–Kier alpha value is -2.55. The third kappa shape index (κ3) is 3.45. The molecule has 3 heterocycles. The molecule has 1 aliphatic heterocycles. The first-order valence-corrected chi connectivity index (χ1v) is 7.53. The van der Waals surface area contributed by atoms with Gasteiger partial charge in [-0.3, -0.25) is 9.78 Å². The Labute approximate surface area is 133 Å². The van der Waals surface area contributed by atoms with E-state index in [0.717, 1.165) is 12.8 Å². The van der Waals surface area contributed by atoms with Crippen molar-refractivity contribution in [3.8, 4) is 0 Å². The number of hydrogen-bond acceptors (Lipinski definition) is 7. The standard InChI is InChI=1S/C14H19N7O2/c15-14-17-18-19-21(14)9-12(22)20-7-4-10(5-8-20)13(23)11-3-1-2-6-16-11/h1-3,6,10,13,23H,4-5,7-9H2,(H2,15,17,19). The summed E-state index contributed by atoms with van der Waals surface area (Å²) in [4.78, 5) is 18.2. The third-order valence-electron chi connectivity index (χ3n) is 4.17. The second-order valence-electron chi connectivity index (χ2n) is 5.61. The lowest BCUT2D eigenvalue weighted by molar-refractivity contribution is -0.134. The molecule has 0 aliphatic carbocycles. The van der Waals surface area contributed by atoms with Crippen LogP contribution in [0.5, 0.6) is 0 Å². The summed E-state index contributed by atoms with van der Waals surface area (Å²) in [6.07, 6.45) is 2.54. The van der Waals surface area contributed by atoms with Crippen LogP contribution in [0.2, 0.25) is 0 Å². The maximum atomic E-state index is 12.2. The van der Waals surface area contributed by atoms with Gasteiger partial charge in [0.2, 0.25) is 11.9 Å². The van der Waals surface area contributed by atoms with E-state index in [1.165, 1.54) is 4.68 Å². The van der Waals surface area contributed by atoms with E-state index in [-0.39, 0.29) is 24.3 Å². The zero-order chi connectivity index (χ0) is 16.2. The number of nitrogens with two attached hydrogens (primary N) is 1. The topological polar surface area (TPSA) is 123 Å². The molecule has 1 saturated heterocycles. The van der Waals surface area contributed by atoms with E-state index in [4.69, 9.17) is 5.73 Å². The fourth-order valence-corrected chi connectivity index (χ4v) is 2.81. The van der Waals surface area contributed by atoms with E-state index in [1.807, 2.05) is 18.2 Å². The second kappa shape index (κ2) is 6.69. The zero-order valence-corrected chi connectivity index (χ0v) is 12.6. The van der Waals surface area contributed by atoms with Crippen LogP contribution in [0, 0.1) is 5.92 Å². The first-order valence-electron chi connectivity index (χ1n) is 7.53. The molecule has 122 valence electrons. The average Bonchev–Trinajstić information content (AvgIpc) is 3.00. The summed E-state index contributed by atoms with van der Waals surface area (Å²) in [5, 5.41) is 21.0. The zero-order valence-electron chi connectivity index (χ0n) is 12.6. The van der Waals surface area contributed by atoms with Gasteiger partial charge in [-0.25, -0.2) is 4.68 Å². The van der Waals surface area contributed by atoms with Crippen molar-refractivity contribution in [1.82, 2.24) is 30.1 Å². The van der Waals surface area contributed by atoms with E-state index >= 15 is 0 Å². The molecule has 1 fully saturated rings. The molecule has 3 rings (SSSR count). The molecule has 9 heteroatoms. The van der Waals surface area contributed by atoms with Gasteiger partial charge in [0.05, 0.1) is 11.8 Å². The molecule has 23 heavy (non-hydrogen) atoms. The monoisotopic (exact) mass is 317 g/mol. The van der Waals surface area contributed by atoms with Crippen LogP contribution in [0.15, 0.2) is 24.4 Å². The number of piperidine rings is 1. The summed E-state index contributed by atoms with van der Waals surface area (Å²) >= 11 is 0. The molecule has 0 spiro atoms. The molecule has 1 aliphatic rings. The molecule has 1 unspecified atom stereocenters. The predicted molar refractivity (Wildman–Crippen MR) is 80.7 cm³/mol. The minimum absolute atomic E-state index is 0.0340. The maximum Gasteiger partial charge on any atom is 0.244 e. The molecule has 1 amide bonds. The number of carbonyl (C=O) groups is 1. The molecule has 0 radical (unpaired) electrons. The molecular formula is C14H19N7O2. The van der Waals surface area contributed by atoms with Gasteiger partial charge in [0, 0.05) is 19.3 Å². The number of aliphatic hydroxyl groups excluding tert-OH is 1. The van der Waals surface area contributed by atoms with Crippen LogP contribution in [-0.4, -0.2) is 54.2 Å². The third-order valence-corrected chi connectivity index (χ3v) is 4.17. The van der Waals surface area contributed by atoms with Gasteiger partial charge in [0.1, 0.15) is 6.54 Å². The Morgan fingerprint density at radius 2 is 2.17 bits per heavy atom. The summed E-state index contributed by atoms with van der Waals surface area (Å²) in [7, 11) is 0. The lowest BCUT2D eigenvalue weighted by atomic mass is 9.89. The molecule has 0 bridgehead atoms. The van der Waals surface area contributed by atoms with Gasteiger partial charge in [-0.15, -0.1) is 0 Å². The van der Waals surface area contributed by atoms with Crippen LogP contribution in [0.25, 0.3) is 0 Å². The number of amides is 1. The number of anilines is 1. The smallest absolute Gasteiger partial charge is 0.244 e. The molecule has 0 aromatic carbocycles. The second-order valence-corrected chi connectivity index (χ2v) is 5.61. The molecule has 9 nitrogen and oxygen atoms in total. The van der Waals surface area contributed by atoms with Gasteiger partial charge < -0.3 is 15.7 Å². The van der Waals surface area contributed by atoms with Crippen LogP contribution < -0.4 is 5.73 Å². The van der Waals surface area contributed by atoms with Crippen molar-refractivity contribution in [1.29, 1.82) is 0 Å². The van der Waals surface area contributed by atoms with E-state index < -0.39 is 6.10 Å². The number of hydrogen-bond donors (Lipinski definition) is 2. The highest BCUT2D eigenvalue weighted by Gasteiger charge is 2.29. The lowest BCUT2D eigenvalue weighted by Gasteiger charge is -2.34. The van der Waals surface area contributed by atoms with E-state index in [0.29, 0.717) is 18.8 Å². The Morgan fingerprint density at radius 1 is 1.39 bits per heavy atom. The largest absolute Gasteiger partial charge is 0.387 e. The SMILES string of the molecule is Nc1nnnn1CC(=O)N1CCC(C(O)c2ccccn2)CC1. The minimum Gasteiger partial charge on any atom is -0.387 e. The van der Waals surface area contributed by atoms with E-state index in [9.17, 15) is 9.90 Å². The molecule has 3 N–H and O–H groups in total. The van der Waals surface area contributed by atoms with Gasteiger partial charge in [-0.1, -0.05) is 11.2 Å². The normalized spacial score (nSPS) is 17.2. The van der Waals surface area contributed by atoms with Gasteiger partial charge >= 0.3 is 0 Å².